The van der Waals surface area contributed by atoms with Crippen LogP contribution >= 0.6 is 0 Å². The normalized spacial score (nSPS) is 15.7. The van der Waals surface area contributed by atoms with Crippen LogP contribution in [0.25, 0.3) is 0 Å². The van der Waals surface area contributed by atoms with E-state index in [0.29, 0.717) is 11.5 Å². The van der Waals surface area contributed by atoms with Crippen LogP contribution in [0.4, 0.5) is 0 Å². The van der Waals surface area contributed by atoms with Crippen LogP contribution in [0.2, 0.25) is 0 Å². The van der Waals surface area contributed by atoms with Gasteiger partial charge in [-0.25, -0.2) is 13.1 Å². The maximum Gasteiger partial charge on any atom is 0.241 e. The Kier molecular flexibility index (Phi) is 3.48. The molecule has 0 atom stereocenters. The summed E-state index contributed by atoms with van der Waals surface area (Å²) in [7, 11) is -3.60. The fourth-order valence-electron chi connectivity index (χ4n) is 2.76. The predicted molar refractivity (Wildman–Crippen MR) is 83.6 cm³/mol. The summed E-state index contributed by atoms with van der Waals surface area (Å²) in [6.45, 7) is 2.08. The molecule has 0 bridgehead atoms. The van der Waals surface area contributed by atoms with Crippen molar-refractivity contribution in [2.45, 2.75) is 24.5 Å². The van der Waals surface area contributed by atoms with E-state index in [-0.39, 0.29) is 18.2 Å². The minimum atomic E-state index is -3.60. The number of nitrogens with one attached hydrogen (secondary N) is 2. The molecule has 0 saturated heterocycles. The Hall–Kier alpha value is -2.09. The van der Waals surface area contributed by atoms with Crippen molar-refractivity contribution in [2.24, 2.45) is 0 Å². The van der Waals surface area contributed by atoms with Crippen LogP contribution in [-0.4, -0.2) is 15.2 Å². The summed E-state index contributed by atoms with van der Waals surface area (Å²) in [4.78, 5) is 0.171. The molecule has 0 aromatic heterocycles. The fourth-order valence-corrected chi connectivity index (χ4v) is 3.80. The number of hydrogen-bond donors (Lipinski definition) is 2. The van der Waals surface area contributed by atoms with Crippen LogP contribution in [0.1, 0.15) is 16.7 Å². The SMILES string of the molecule is O=S(=O)(NCc1ccc2c(c1)CNC2)c1ccc2c(c1)OCO2. The van der Waals surface area contributed by atoms with E-state index in [1.807, 2.05) is 18.2 Å². The van der Waals surface area contributed by atoms with Crippen molar-refractivity contribution in [1.82, 2.24) is 10.0 Å². The molecule has 0 spiro atoms. The molecule has 0 aliphatic carbocycles. The second kappa shape index (κ2) is 5.52. The molecule has 6 nitrogen and oxygen atoms in total. The quantitative estimate of drug-likeness (QED) is 0.887. The zero-order valence-electron chi connectivity index (χ0n) is 12.3. The standard InChI is InChI=1S/C16H16N2O4S/c19-23(20,14-3-4-15-16(6-14)22-10-21-15)18-7-11-1-2-12-8-17-9-13(12)5-11/h1-6,17-18H,7-10H2. The van der Waals surface area contributed by atoms with E-state index < -0.39 is 10.0 Å². The van der Waals surface area contributed by atoms with Gasteiger partial charge < -0.3 is 14.8 Å². The van der Waals surface area contributed by atoms with Crippen molar-refractivity contribution in [1.29, 1.82) is 0 Å². The molecule has 0 fully saturated rings. The number of ether oxygens (including phenoxy) is 2. The zero-order chi connectivity index (χ0) is 15.9. The Labute approximate surface area is 134 Å². The summed E-state index contributed by atoms with van der Waals surface area (Å²) in [5.41, 5.74) is 3.44. The van der Waals surface area contributed by atoms with Gasteiger partial charge in [0, 0.05) is 25.7 Å². The topological polar surface area (TPSA) is 76.7 Å². The summed E-state index contributed by atoms with van der Waals surface area (Å²) >= 11 is 0. The molecule has 23 heavy (non-hydrogen) atoms. The summed E-state index contributed by atoms with van der Waals surface area (Å²) in [6, 6.07) is 10.6. The Morgan fingerprint density at radius 3 is 2.74 bits per heavy atom. The lowest BCUT2D eigenvalue weighted by Gasteiger charge is -2.09. The Morgan fingerprint density at radius 1 is 1.00 bits per heavy atom. The molecule has 2 aromatic rings. The van der Waals surface area contributed by atoms with E-state index in [0.717, 1.165) is 18.7 Å². The molecule has 2 N–H and O–H groups in total. The second-order valence-corrected chi connectivity index (χ2v) is 7.31. The van der Waals surface area contributed by atoms with Crippen molar-refractivity contribution < 1.29 is 17.9 Å². The molecular weight excluding hydrogens is 316 g/mol. The summed E-state index contributed by atoms with van der Waals surface area (Å²) in [5.74, 6) is 1.02. The lowest BCUT2D eigenvalue weighted by molar-refractivity contribution is 0.174. The van der Waals surface area contributed by atoms with Gasteiger partial charge in [-0.2, -0.15) is 0 Å². The first-order valence-corrected chi connectivity index (χ1v) is 8.81. The number of hydrogen-bond acceptors (Lipinski definition) is 5. The molecule has 2 heterocycles. The van der Waals surface area contributed by atoms with Crippen molar-refractivity contribution in [3.63, 3.8) is 0 Å². The summed E-state index contributed by atoms with van der Waals surface area (Å²) in [5, 5.41) is 3.27. The van der Waals surface area contributed by atoms with E-state index in [1.54, 1.807) is 6.07 Å². The minimum Gasteiger partial charge on any atom is -0.454 e. The largest absolute Gasteiger partial charge is 0.454 e. The van der Waals surface area contributed by atoms with E-state index >= 15 is 0 Å². The zero-order valence-corrected chi connectivity index (χ0v) is 13.2. The molecule has 0 amide bonds. The minimum absolute atomic E-state index is 0.120. The lowest BCUT2D eigenvalue weighted by Crippen LogP contribution is -2.23. The first-order chi connectivity index (χ1) is 11.1. The third kappa shape index (κ3) is 2.78. The monoisotopic (exact) mass is 332 g/mol. The number of fused-ring (bicyclic) bond motifs is 2. The van der Waals surface area contributed by atoms with Gasteiger partial charge in [0.05, 0.1) is 4.90 Å². The number of benzene rings is 2. The van der Waals surface area contributed by atoms with Gasteiger partial charge in [0.2, 0.25) is 16.8 Å². The fraction of sp³-hybridized carbons (Fsp3) is 0.250. The van der Waals surface area contributed by atoms with E-state index in [4.69, 9.17) is 9.47 Å². The highest BCUT2D eigenvalue weighted by Crippen LogP contribution is 2.33. The molecule has 7 heteroatoms. The summed E-state index contributed by atoms with van der Waals surface area (Å²) in [6.07, 6.45) is 0. The highest BCUT2D eigenvalue weighted by molar-refractivity contribution is 7.89. The molecule has 0 saturated carbocycles. The molecule has 120 valence electrons. The van der Waals surface area contributed by atoms with Crippen molar-refractivity contribution >= 4 is 10.0 Å². The lowest BCUT2D eigenvalue weighted by atomic mass is 10.1. The first-order valence-electron chi connectivity index (χ1n) is 7.32. The van der Waals surface area contributed by atoms with Crippen LogP contribution in [0.15, 0.2) is 41.3 Å². The van der Waals surface area contributed by atoms with Crippen LogP contribution in [-0.2, 0) is 29.7 Å². The number of rotatable bonds is 4. The first kappa shape index (κ1) is 14.5. The van der Waals surface area contributed by atoms with Gasteiger partial charge in [0.1, 0.15) is 0 Å². The molecule has 0 unspecified atom stereocenters. The van der Waals surface area contributed by atoms with Crippen LogP contribution in [0.3, 0.4) is 0 Å². The maximum atomic E-state index is 12.4. The van der Waals surface area contributed by atoms with E-state index in [1.165, 1.54) is 23.3 Å². The van der Waals surface area contributed by atoms with Gasteiger partial charge in [-0.15, -0.1) is 0 Å². The molecule has 2 aliphatic heterocycles. The molecule has 4 rings (SSSR count). The third-order valence-electron chi connectivity index (χ3n) is 4.02. The molecule has 0 radical (unpaired) electrons. The van der Waals surface area contributed by atoms with Crippen molar-refractivity contribution in [3.05, 3.63) is 53.1 Å². The van der Waals surface area contributed by atoms with Crippen molar-refractivity contribution in [2.75, 3.05) is 6.79 Å². The Bertz CT molecular complexity index is 864. The average Bonchev–Trinajstić information content (AvgIpc) is 3.20. The highest BCUT2D eigenvalue weighted by atomic mass is 32.2. The van der Waals surface area contributed by atoms with E-state index in [9.17, 15) is 8.42 Å². The average molecular weight is 332 g/mol. The second-order valence-electron chi connectivity index (χ2n) is 5.55. The molecule has 2 aromatic carbocycles. The van der Waals surface area contributed by atoms with Crippen LogP contribution in [0, 0.1) is 0 Å². The Morgan fingerprint density at radius 2 is 1.83 bits per heavy atom. The van der Waals surface area contributed by atoms with Gasteiger partial charge in [0.15, 0.2) is 11.5 Å². The predicted octanol–water partition coefficient (Wildman–Crippen LogP) is 1.50. The smallest absolute Gasteiger partial charge is 0.241 e. The maximum absolute atomic E-state index is 12.4. The van der Waals surface area contributed by atoms with Gasteiger partial charge in [-0.3, -0.25) is 0 Å². The van der Waals surface area contributed by atoms with Gasteiger partial charge in [-0.1, -0.05) is 18.2 Å². The summed E-state index contributed by atoms with van der Waals surface area (Å²) < 4.78 is 37.9. The Balaban J connectivity index is 1.51. The van der Waals surface area contributed by atoms with Gasteiger partial charge in [-0.05, 0) is 28.8 Å². The van der Waals surface area contributed by atoms with Gasteiger partial charge in [0.25, 0.3) is 0 Å². The van der Waals surface area contributed by atoms with Crippen LogP contribution in [0.5, 0.6) is 11.5 Å². The van der Waals surface area contributed by atoms with Crippen LogP contribution < -0.4 is 19.5 Å². The molecule has 2 aliphatic rings. The highest BCUT2D eigenvalue weighted by Gasteiger charge is 2.20. The van der Waals surface area contributed by atoms with Gasteiger partial charge >= 0.3 is 0 Å². The number of sulfonamides is 1. The molecular formula is C16H16N2O4S. The third-order valence-corrected chi connectivity index (χ3v) is 5.42. The van der Waals surface area contributed by atoms with E-state index in [2.05, 4.69) is 10.0 Å². The van der Waals surface area contributed by atoms with Crippen molar-refractivity contribution in [3.8, 4) is 11.5 Å².